The summed E-state index contributed by atoms with van der Waals surface area (Å²) >= 11 is 0. The van der Waals surface area contributed by atoms with Gasteiger partial charge in [-0.15, -0.1) is 0 Å². The molecule has 0 atom stereocenters. The van der Waals surface area contributed by atoms with E-state index in [9.17, 15) is 14.4 Å². The van der Waals surface area contributed by atoms with Crippen molar-refractivity contribution in [3.8, 4) is 0 Å². The molecule has 2 heterocycles. The maximum atomic E-state index is 13.4. The Bertz CT molecular complexity index is 1570. The molecule has 0 saturated carbocycles. The first-order chi connectivity index (χ1) is 21.5. The number of aromatic nitrogens is 2. The summed E-state index contributed by atoms with van der Waals surface area (Å²) in [5, 5.41) is 0.523. The van der Waals surface area contributed by atoms with Crippen LogP contribution in [0.5, 0.6) is 0 Å². The first-order valence-electron chi connectivity index (χ1n) is 15.9. The highest BCUT2D eigenvalue weighted by Gasteiger charge is 2.24. The molecule has 0 N–H and O–H groups in total. The van der Waals surface area contributed by atoms with E-state index >= 15 is 0 Å². The van der Waals surface area contributed by atoms with Gasteiger partial charge in [-0.1, -0.05) is 72.8 Å². The zero-order chi connectivity index (χ0) is 30.7. The van der Waals surface area contributed by atoms with E-state index in [-0.39, 0.29) is 35.8 Å². The number of carbonyl (C=O) groups excluding carboxylic acids is 1. The molecular weight excluding hydrogens is 554 g/mol. The van der Waals surface area contributed by atoms with Crippen molar-refractivity contribution in [3.63, 3.8) is 0 Å². The third kappa shape index (κ3) is 7.92. The second-order valence-corrected chi connectivity index (χ2v) is 11.4. The van der Waals surface area contributed by atoms with Crippen LogP contribution in [0.25, 0.3) is 10.9 Å². The topological polar surface area (TPSA) is 82.8 Å². The minimum absolute atomic E-state index is 0.0802. The number of fused-ring (bicyclic) bond motifs is 1. The van der Waals surface area contributed by atoms with Crippen LogP contribution < -0.4 is 11.2 Å². The minimum atomic E-state index is -0.318. The summed E-state index contributed by atoms with van der Waals surface area (Å²) in [7, 11) is 0. The number of benzene rings is 3. The fourth-order valence-corrected chi connectivity index (χ4v) is 6.07. The van der Waals surface area contributed by atoms with Crippen molar-refractivity contribution in [1.82, 2.24) is 14.0 Å². The average Bonchev–Trinajstić information content (AvgIpc) is 3.06. The van der Waals surface area contributed by atoms with Crippen LogP contribution in [0.1, 0.15) is 62.7 Å². The van der Waals surface area contributed by atoms with Gasteiger partial charge in [0.1, 0.15) is 6.10 Å². The number of hydrogen-bond donors (Lipinski definition) is 0. The minimum Gasteiger partial charge on any atom is -0.466 e. The number of ether oxygens (including phenoxy) is 2. The quantitative estimate of drug-likeness (QED) is 0.140. The Morgan fingerprint density at radius 2 is 1.36 bits per heavy atom. The molecule has 44 heavy (non-hydrogen) atoms. The summed E-state index contributed by atoms with van der Waals surface area (Å²) in [5.41, 5.74) is 2.37. The van der Waals surface area contributed by atoms with Crippen molar-refractivity contribution in [2.24, 2.45) is 0 Å². The predicted octanol–water partition coefficient (Wildman–Crippen LogP) is 5.56. The lowest BCUT2D eigenvalue weighted by atomic mass is 10.00. The van der Waals surface area contributed by atoms with E-state index in [2.05, 4.69) is 53.4 Å². The Hall–Kier alpha value is -4.01. The van der Waals surface area contributed by atoms with E-state index < -0.39 is 0 Å². The normalized spacial score (nSPS) is 14.3. The van der Waals surface area contributed by atoms with E-state index in [0.717, 1.165) is 45.3 Å². The summed E-state index contributed by atoms with van der Waals surface area (Å²) in [4.78, 5) is 40.9. The van der Waals surface area contributed by atoms with Gasteiger partial charge in [0.2, 0.25) is 0 Å². The Kier molecular flexibility index (Phi) is 11.2. The van der Waals surface area contributed by atoms with Crippen LogP contribution in [0.15, 0.2) is 94.5 Å². The zero-order valence-corrected chi connectivity index (χ0v) is 25.6. The van der Waals surface area contributed by atoms with Crippen LogP contribution in [0.3, 0.4) is 0 Å². The van der Waals surface area contributed by atoms with E-state index in [1.54, 1.807) is 23.6 Å². The molecule has 0 amide bonds. The van der Waals surface area contributed by atoms with Crippen LogP contribution in [0.2, 0.25) is 0 Å². The summed E-state index contributed by atoms with van der Waals surface area (Å²) in [6.45, 7) is 5.68. The van der Waals surface area contributed by atoms with Crippen molar-refractivity contribution in [1.29, 1.82) is 0 Å². The van der Waals surface area contributed by atoms with E-state index in [4.69, 9.17) is 9.47 Å². The molecule has 0 aliphatic carbocycles. The molecule has 8 nitrogen and oxygen atoms in total. The molecule has 3 aromatic carbocycles. The molecule has 1 aliphatic rings. The molecule has 232 valence electrons. The molecule has 1 aromatic heterocycles. The van der Waals surface area contributed by atoms with Gasteiger partial charge in [0.25, 0.3) is 5.56 Å². The number of para-hydroxylation sites is 1. The number of carbonyl (C=O) groups is 1. The van der Waals surface area contributed by atoms with Crippen molar-refractivity contribution in [3.05, 3.63) is 117 Å². The first-order valence-corrected chi connectivity index (χ1v) is 15.9. The number of esters is 1. The summed E-state index contributed by atoms with van der Waals surface area (Å²) in [5.74, 6) is -0.277. The maximum Gasteiger partial charge on any atom is 0.331 e. The number of nitrogens with zero attached hydrogens (tertiary/aromatic N) is 3. The molecule has 5 rings (SSSR count). The molecular formula is C36H43N3O5. The van der Waals surface area contributed by atoms with E-state index in [0.29, 0.717) is 37.0 Å². The Morgan fingerprint density at radius 3 is 2.02 bits per heavy atom. The van der Waals surface area contributed by atoms with Crippen molar-refractivity contribution < 1.29 is 14.3 Å². The van der Waals surface area contributed by atoms with Gasteiger partial charge in [0, 0.05) is 32.6 Å². The van der Waals surface area contributed by atoms with Crippen LogP contribution >= 0.6 is 0 Å². The zero-order valence-electron chi connectivity index (χ0n) is 25.6. The predicted molar refractivity (Wildman–Crippen MR) is 173 cm³/mol. The summed E-state index contributed by atoms with van der Waals surface area (Å²) in [6.07, 6.45) is 4.37. The van der Waals surface area contributed by atoms with Gasteiger partial charge in [-0.25, -0.2) is 4.79 Å². The van der Waals surface area contributed by atoms with Crippen molar-refractivity contribution in [2.45, 2.75) is 70.7 Å². The standard InChI is InChI=1S/C36H43N3O5/c1-2-43-33(40)20-13-25-38-32-19-10-9-18-31(32)35(41)39(36(38)42)24-12-11-23-37-26-21-30(22-27-37)44-34(28-14-5-3-6-15-28)29-16-7-4-8-17-29/h3-10,14-19,30,34H,2,11-13,20-27H2,1H3. The van der Waals surface area contributed by atoms with Crippen molar-refractivity contribution in [2.75, 3.05) is 26.2 Å². The van der Waals surface area contributed by atoms with E-state index in [1.165, 1.54) is 15.7 Å². The molecule has 4 aromatic rings. The third-order valence-corrected chi connectivity index (χ3v) is 8.37. The monoisotopic (exact) mass is 597 g/mol. The molecule has 0 unspecified atom stereocenters. The number of hydrogen-bond acceptors (Lipinski definition) is 6. The summed E-state index contributed by atoms with van der Waals surface area (Å²) in [6, 6.07) is 28.0. The molecule has 1 fully saturated rings. The van der Waals surface area contributed by atoms with Gasteiger partial charge < -0.3 is 14.4 Å². The fraction of sp³-hybridized carbons (Fsp3) is 0.417. The second kappa shape index (κ2) is 15.6. The highest BCUT2D eigenvalue weighted by Crippen LogP contribution is 2.30. The lowest BCUT2D eigenvalue weighted by Crippen LogP contribution is -2.40. The maximum absolute atomic E-state index is 13.4. The number of aryl methyl sites for hydroxylation is 1. The third-order valence-electron chi connectivity index (χ3n) is 8.37. The molecule has 1 aliphatic heterocycles. The SMILES string of the molecule is CCOC(=O)CCCn1c(=O)n(CCCCN2CCC(OC(c3ccccc3)c3ccccc3)CC2)c(=O)c2ccccc21. The van der Waals surface area contributed by atoms with Crippen molar-refractivity contribution >= 4 is 16.9 Å². The highest BCUT2D eigenvalue weighted by molar-refractivity contribution is 5.77. The Balaban J connectivity index is 1.14. The average molecular weight is 598 g/mol. The Labute approximate surface area is 258 Å². The van der Waals surface area contributed by atoms with Crippen LogP contribution in [-0.2, 0) is 27.4 Å². The number of unbranched alkanes of at least 4 members (excludes halogenated alkanes) is 1. The lowest BCUT2D eigenvalue weighted by molar-refractivity contribution is -0.143. The lowest BCUT2D eigenvalue weighted by Gasteiger charge is -2.34. The van der Waals surface area contributed by atoms with Gasteiger partial charge in [0.05, 0.1) is 23.6 Å². The van der Waals surface area contributed by atoms with Crippen LogP contribution in [0, 0.1) is 0 Å². The van der Waals surface area contributed by atoms with Gasteiger partial charge in [0.15, 0.2) is 0 Å². The molecule has 0 bridgehead atoms. The largest absolute Gasteiger partial charge is 0.466 e. The number of piperidine rings is 1. The number of rotatable bonds is 14. The van der Waals surface area contributed by atoms with Gasteiger partial charge in [-0.05, 0) is 68.8 Å². The molecule has 1 saturated heterocycles. The van der Waals surface area contributed by atoms with Crippen LogP contribution in [-0.4, -0.2) is 52.3 Å². The molecule has 0 spiro atoms. The van der Waals surface area contributed by atoms with Gasteiger partial charge >= 0.3 is 11.7 Å². The fourth-order valence-electron chi connectivity index (χ4n) is 6.07. The Morgan fingerprint density at radius 1 is 0.773 bits per heavy atom. The molecule has 0 radical (unpaired) electrons. The molecule has 8 heteroatoms. The first kappa shape index (κ1) is 31.4. The smallest absolute Gasteiger partial charge is 0.331 e. The van der Waals surface area contributed by atoms with Crippen LogP contribution in [0.4, 0.5) is 0 Å². The van der Waals surface area contributed by atoms with E-state index in [1.807, 2.05) is 24.3 Å². The second-order valence-electron chi connectivity index (χ2n) is 11.4. The number of likely N-dealkylation sites (tertiary alicyclic amines) is 1. The summed E-state index contributed by atoms with van der Waals surface area (Å²) < 4.78 is 14.7. The highest BCUT2D eigenvalue weighted by atomic mass is 16.5. The van der Waals surface area contributed by atoms with Gasteiger partial charge in [-0.3, -0.25) is 18.7 Å². The van der Waals surface area contributed by atoms with Gasteiger partial charge in [-0.2, -0.15) is 0 Å².